The molecule has 2 unspecified atom stereocenters. The maximum absolute atomic E-state index is 6.00. The molecule has 3 rings (SSSR count). The van der Waals surface area contributed by atoms with Crippen molar-refractivity contribution in [1.29, 1.82) is 0 Å². The Morgan fingerprint density at radius 2 is 2.29 bits per heavy atom. The average Bonchev–Trinajstić information content (AvgIpc) is 2.95. The molecule has 0 saturated heterocycles. The number of hydrogen-bond donors (Lipinski definition) is 1. The third-order valence-electron chi connectivity index (χ3n) is 3.38. The Bertz CT molecular complexity index is 602. The molecule has 2 aromatic rings. The van der Waals surface area contributed by atoms with Crippen LogP contribution in [0.4, 0.5) is 0 Å². The fraction of sp³-hybridized carbons (Fsp3) is 0.467. The fourth-order valence-electron chi connectivity index (χ4n) is 2.33. The van der Waals surface area contributed by atoms with E-state index in [0.29, 0.717) is 18.1 Å². The molecule has 0 spiro atoms. The van der Waals surface area contributed by atoms with Crippen LogP contribution in [0.2, 0.25) is 0 Å². The van der Waals surface area contributed by atoms with Crippen LogP contribution in [0.25, 0.3) is 0 Å². The molecule has 2 heterocycles. The smallest absolute Gasteiger partial charge is 0.228 e. The maximum Gasteiger partial charge on any atom is 0.228 e. The van der Waals surface area contributed by atoms with Crippen LogP contribution in [0.15, 0.2) is 33.7 Å². The van der Waals surface area contributed by atoms with Crippen LogP contribution in [-0.2, 0) is 6.42 Å². The van der Waals surface area contributed by atoms with Gasteiger partial charge in [0, 0.05) is 23.1 Å². The third-order valence-corrected chi connectivity index (χ3v) is 4.49. The molecule has 1 aromatic carbocycles. The van der Waals surface area contributed by atoms with Gasteiger partial charge in [0.2, 0.25) is 11.7 Å². The number of thioether (sulfide) groups is 1. The van der Waals surface area contributed by atoms with E-state index >= 15 is 0 Å². The van der Waals surface area contributed by atoms with Gasteiger partial charge in [-0.15, -0.1) is 11.8 Å². The summed E-state index contributed by atoms with van der Waals surface area (Å²) in [6, 6.07) is 8.07. The van der Waals surface area contributed by atoms with Crippen LogP contribution in [0, 0.1) is 0 Å². The van der Waals surface area contributed by atoms with Gasteiger partial charge >= 0.3 is 0 Å². The minimum absolute atomic E-state index is 0.0747. The van der Waals surface area contributed by atoms with E-state index in [2.05, 4.69) is 23.1 Å². The number of ether oxygens (including phenoxy) is 1. The zero-order valence-corrected chi connectivity index (χ0v) is 12.8. The number of fused-ring (bicyclic) bond motifs is 1. The molecular weight excluding hydrogens is 286 g/mol. The van der Waals surface area contributed by atoms with Crippen LogP contribution >= 0.6 is 11.8 Å². The molecule has 5 nitrogen and oxygen atoms in total. The molecule has 1 aliphatic rings. The highest BCUT2D eigenvalue weighted by Gasteiger charge is 2.26. The largest absolute Gasteiger partial charge is 0.480 e. The Kier molecular flexibility index (Phi) is 4.45. The van der Waals surface area contributed by atoms with Crippen molar-refractivity contribution in [3.05, 3.63) is 36.0 Å². The second-order valence-electron chi connectivity index (χ2n) is 5.16. The van der Waals surface area contributed by atoms with Gasteiger partial charge in [0.25, 0.3) is 0 Å². The van der Waals surface area contributed by atoms with Crippen LogP contribution in [0.3, 0.4) is 0 Å². The first-order valence-electron chi connectivity index (χ1n) is 7.22. The molecular formula is C15H19N3O2S. The van der Waals surface area contributed by atoms with Crippen LogP contribution in [0.5, 0.6) is 5.75 Å². The minimum atomic E-state index is -0.162. The molecule has 1 aromatic heterocycles. The highest BCUT2D eigenvalue weighted by Crippen LogP contribution is 2.39. The van der Waals surface area contributed by atoms with E-state index < -0.39 is 0 Å². The van der Waals surface area contributed by atoms with Gasteiger partial charge in [0.1, 0.15) is 5.75 Å². The lowest BCUT2D eigenvalue weighted by atomic mass is 10.1. The van der Waals surface area contributed by atoms with Crippen molar-refractivity contribution in [2.24, 2.45) is 5.73 Å². The zero-order valence-electron chi connectivity index (χ0n) is 12.0. The summed E-state index contributed by atoms with van der Waals surface area (Å²) in [7, 11) is 0. The topological polar surface area (TPSA) is 74.2 Å². The van der Waals surface area contributed by atoms with Gasteiger partial charge in [0.15, 0.2) is 6.10 Å². The number of rotatable bonds is 5. The standard InChI is InChI=1S/C15H19N3O2S/c1-2-5-10(16)8-14-17-15(18-20-14)12-9-21-13-7-4-3-6-11(13)19-12/h3-4,6-7,10,12H,2,5,8-9,16H2,1H3. The Morgan fingerprint density at radius 3 is 3.14 bits per heavy atom. The molecule has 0 amide bonds. The summed E-state index contributed by atoms with van der Waals surface area (Å²) in [6.07, 6.45) is 2.48. The molecule has 1 aliphatic heterocycles. The van der Waals surface area contributed by atoms with Crippen LogP contribution in [-0.4, -0.2) is 21.9 Å². The number of nitrogens with two attached hydrogens (primary N) is 1. The molecule has 0 saturated carbocycles. The van der Waals surface area contributed by atoms with Crippen LogP contribution < -0.4 is 10.5 Å². The quantitative estimate of drug-likeness (QED) is 0.915. The Hall–Kier alpha value is -1.53. The van der Waals surface area contributed by atoms with E-state index in [1.54, 1.807) is 11.8 Å². The molecule has 2 N–H and O–H groups in total. The zero-order chi connectivity index (χ0) is 14.7. The number of benzene rings is 1. The number of para-hydroxylation sites is 1. The van der Waals surface area contributed by atoms with Crippen molar-refractivity contribution < 1.29 is 9.26 Å². The van der Waals surface area contributed by atoms with Gasteiger partial charge in [0.05, 0.1) is 0 Å². The van der Waals surface area contributed by atoms with E-state index in [9.17, 15) is 0 Å². The number of hydrogen-bond acceptors (Lipinski definition) is 6. The monoisotopic (exact) mass is 305 g/mol. The van der Waals surface area contributed by atoms with E-state index in [0.717, 1.165) is 29.2 Å². The maximum atomic E-state index is 6.00. The second kappa shape index (κ2) is 6.49. The molecule has 0 aliphatic carbocycles. The molecule has 0 radical (unpaired) electrons. The highest BCUT2D eigenvalue weighted by molar-refractivity contribution is 7.99. The lowest BCUT2D eigenvalue weighted by molar-refractivity contribution is 0.205. The minimum Gasteiger partial charge on any atom is -0.480 e. The third kappa shape index (κ3) is 3.39. The van der Waals surface area contributed by atoms with Crippen molar-refractivity contribution in [2.75, 3.05) is 5.75 Å². The van der Waals surface area contributed by atoms with Gasteiger partial charge in [-0.05, 0) is 18.6 Å². The van der Waals surface area contributed by atoms with Gasteiger partial charge < -0.3 is 15.0 Å². The average molecular weight is 305 g/mol. The van der Waals surface area contributed by atoms with Gasteiger partial charge in [-0.2, -0.15) is 4.98 Å². The SMILES string of the molecule is CCCC(N)Cc1nc(C2CSc3ccccc3O2)no1. The Labute approximate surface area is 128 Å². The summed E-state index contributed by atoms with van der Waals surface area (Å²) < 4.78 is 11.2. The first-order chi connectivity index (χ1) is 10.3. The second-order valence-corrected chi connectivity index (χ2v) is 6.23. The molecule has 2 atom stereocenters. The Balaban J connectivity index is 1.67. The fourth-order valence-corrected chi connectivity index (χ4v) is 3.31. The van der Waals surface area contributed by atoms with Crippen molar-refractivity contribution in [3.63, 3.8) is 0 Å². The van der Waals surface area contributed by atoms with E-state index in [1.807, 2.05) is 18.2 Å². The first kappa shape index (κ1) is 14.4. The van der Waals surface area contributed by atoms with Crippen molar-refractivity contribution in [2.45, 2.75) is 43.2 Å². The predicted molar refractivity (Wildman–Crippen MR) is 81.4 cm³/mol. The first-order valence-corrected chi connectivity index (χ1v) is 8.21. The van der Waals surface area contributed by atoms with Crippen molar-refractivity contribution >= 4 is 11.8 Å². The van der Waals surface area contributed by atoms with E-state index in [-0.39, 0.29) is 12.1 Å². The molecule has 0 bridgehead atoms. The lowest BCUT2D eigenvalue weighted by Crippen LogP contribution is -2.22. The van der Waals surface area contributed by atoms with Crippen LogP contribution in [0.1, 0.15) is 37.6 Å². The van der Waals surface area contributed by atoms with E-state index in [1.165, 1.54) is 0 Å². The van der Waals surface area contributed by atoms with Gasteiger partial charge in [-0.1, -0.05) is 30.6 Å². The summed E-state index contributed by atoms with van der Waals surface area (Å²) in [6.45, 7) is 2.11. The summed E-state index contributed by atoms with van der Waals surface area (Å²) in [4.78, 5) is 5.59. The van der Waals surface area contributed by atoms with Crippen molar-refractivity contribution in [3.8, 4) is 5.75 Å². The summed E-state index contributed by atoms with van der Waals surface area (Å²) in [5.41, 5.74) is 6.00. The highest BCUT2D eigenvalue weighted by atomic mass is 32.2. The number of aromatic nitrogens is 2. The predicted octanol–water partition coefficient (Wildman–Crippen LogP) is 2.97. The summed E-state index contributed by atoms with van der Waals surface area (Å²) in [5.74, 6) is 2.87. The normalized spacial score (nSPS) is 18.9. The van der Waals surface area contributed by atoms with Gasteiger partial charge in [-0.3, -0.25) is 0 Å². The van der Waals surface area contributed by atoms with Gasteiger partial charge in [-0.25, -0.2) is 0 Å². The number of nitrogens with zero attached hydrogens (tertiary/aromatic N) is 2. The van der Waals surface area contributed by atoms with E-state index in [4.69, 9.17) is 15.0 Å². The summed E-state index contributed by atoms with van der Waals surface area (Å²) in [5, 5.41) is 4.05. The molecule has 6 heteroatoms. The van der Waals surface area contributed by atoms with Crippen molar-refractivity contribution in [1.82, 2.24) is 10.1 Å². The molecule has 0 fully saturated rings. The Morgan fingerprint density at radius 1 is 1.43 bits per heavy atom. The molecule has 112 valence electrons. The molecule has 21 heavy (non-hydrogen) atoms. The summed E-state index contributed by atoms with van der Waals surface area (Å²) >= 11 is 1.75. The lowest BCUT2D eigenvalue weighted by Gasteiger charge is -2.22.